The van der Waals surface area contributed by atoms with Gasteiger partial charge in [-0.2, -0.15) is 0 Å². The Morgan fingerprint density at radius 1 is 0.773 bits per heavy atom. The molecule has 0 aliphatic heterocycles. The third-order valence-electron chi connectivity index (χ3n) is 3.70. The summed E-state index contributed by atoms with van der Waals surface area (Å²) in [4.78, 5) is 18.5. The number of fused-ring (bicyclic) bond motifs is 2. The first-order valence-electron chi connectivity index (χ1n) is 6.59. The van der Waals surface area contributed by atoms with Crippen molar-refractivity contribution in [2.45, 2.75) is 12.1 Å². The minimum Gasteiger partial charge on any atom is -0.289 e. The van der Waals surface area contributed by atoms with Gasteiger partial charge >= 0.3 is 0 Å². The molecule has 2 aromatic carbocycles. The fourth-order valence-corrected chi connectivity index (χ4v) is 2.77. The van der Waals surface area contributed by atoms with E-state index in [1.165, 1.54) is 0 Å². The van der Waals surface area contributed by atoms with Crippen LogP contribution in [0.3, 0.4) is 0 Å². The molecule has 1 aliphatic rings. The molecule has 0 heterocycles. The molecule has 0 amide bonds. The summed E-state index contributed by atoms with van der Waals surface area (Å²) in [5, 5.41) is 7.56. The lowest BCUT2D eigenvalue weighted by Crippen LogP contribution is -2.06. The van der Waals surface area contributed by atoms with Crippen LogP contribution in [-0.2, 0) is 0 Å². The van der Waals surface area contributed by atoms with E-state index in [9.17, 15) is 4.79 Å². The van der Waals surface area contributed by atoms with Gasteiger partial charge in [0, 0.05) is 21.0 Å². The van der Waals surface area contributed by atoms with Crippen LogP contribution in [-0.4, -0.2) is 5.78 Å². The van der Waals surface area contributed by atoms with Crippen molar-refractivity contribution in [2.75, 3.05) is 0 Å². The van der Waals surface area contributed by atoms with Crippen LogP contribution in [0.25, 0.3) is 20.9 Å². The third kappa shape index (κ3) is 2.07. The number of carbonyl (C=O) groups is 1. The number of carbonyl (C=O) groups excluding carboxylic acids is 1. The van der Waals surface area contributed by atoms with E-state index in [1.807, 2.05) is 0 Å². The van der Waals surface area contributed by atoms with Crippen molar-refractivity contribution in [1.29, 1.82) is 0 Å². The molecule has 2 aromatic rings. The van der Waals surface area contributed by atoms with Crippen LogP contribution >= 0.6 is 0 Å². The van der Waals surface area contributed by atoms with Gasteiger partial charge in [0.1, 0.15) is 0 Å². The normalized spacial score (nSPS) is 19.0. The zero-order valence-electron chi connectivity index (χ0n) is 11.4. The van der Waals surface area contributed by atoms with Crippen LogP contribution in [0.4, 0.5) is 0 Å². The average molecular weight is 290 g/mol. The van der Waals surface area contributed by atoms with Crippen molar-refractivity contribution < 1.29 is 4.79 Å². The summed E-state index contributed by atoms with van der Waals surface area (Å²) in [6, 6.07) is 12.3. The topological polar surface area (TPSA) is 115 Å². The van der Waals surface area contributed by atoms with Gasteiger partial charge in [0.15, 0.2) is 5.78 Å². The second-order valence-corrected chi connectivity index (χ2v) is 4.80. The highest BCUT2D eigenvalue weighted by Gasteiger charge is 2.33. The summed E-state index contributed by atoms with van der Waals surface area (Å²) in [5.74, 6) is -0.167. The largest absolute Gasteiger partial charge is 0.289 e. The van der Waals surface area contributed by atoms with Crippen molar-refractivity contribution in [1.82, 2.24) is 0 Å². The van der Waals surface area contributed by atoms with Crippen LogP contribution < -0.4 is 0 Å². The molecule has 7 heteroatoms. The molecule has 106 valence electrons. The van der Waals surface area contributed by atoms with Gasteiger partial charge in [-0.15, -0.1) is 0 Å². The predicted molar refractivity (Wildman–Crippen MR) is 80.1 cm³/mol. The van der Waals surface area contributed by atoms with Gasteiger partial charge in [-0.1, -0.05) is 58.8 Å². The summed E-state index contributed by atoms with van der Waals surface area (Å²) < 4.78 is 0. The van der Waals surface area contributed by atoms with Gasteiger partial charge in [-0.25, -0.2) is 0 Å². The van der Waals surface area contributed by atoms with Gasteiger partial charge in [0.05, 0.1) is 12.1 Å². The Hall–Kier alpha value is -3.27. The van der Waals surface area contributed by atoms with Crippen LogP contribution in [0.1, 0.15) is 39.1 Å². The van der Waals surface area contributed by atoms with Crippen molar-refractivity contribution in [3.8, 4) is 0 Å². The van der Waals surface area contributed by atoms with Gasteiger partial charge in [0.2, 0.25) is 0 Å². The van der Waals surface area contributed by atoms with Crippen LogP contribution in [0, 0.1) is 0 Å². The van der Waals surface area contributed by atoms with Crippen molar-refractivity contribution in [3.63, 3.8) is 0 Å². The molecule has 0 N–H and O–H groups in total. The summed E-state index contributed by atoms with van der Waals surface area (Å²) in [6.07, 6.45) is 0. The van der Waals surface area contributed by atoms with Crippen molar-refractivity contribution in [3.05, 3.63) is 91.7 Å². The standard InChI is InChI=1S/C15H10N6O/c16-20-18-13-9-5-1-3-7-11(9)15(22)12-8-4-2-6-10(12)14(13)19-21-17/h1-8,13-14H/t13-,14-/m1/s1. The fraction of sp³-hybridized carbons (Fsp3) is 0.133. The van der Waals surface area contributed by atoms with Crippen LogP contribution in [0.15, 0.2) is 58.8 Å². The minimum atomic E-state index is -0.760. The molecule has 0 spiro atoms. The number of hydrogen-bond donors (Lipinski definition) is 0. The quantitative estimate of drug-likeness (QED) is 0.447. The molecule has 0 fully saturated rings. The SMILES string of the molecule is [N-]=[N+]=N[C@@H]1c2ccccc2C(=O)c2ccccc2[C@H]1N=[N+]=[N-]. The highest BCUT2D eigenvalue weighted by atomic mass is 16.1. The number of ketones is 1. The minimum absolute atomic E-state index is 0.167. The lowest BCUT2D eigenvalue weighted by Gasteiger charge is -2.19. The highest BCUT2D eigenvalue weighted by Crippen LogP contribution is 2.42. The Labute approximate surface area is 125 Å². The van der Waals surface area contributed by atoms with E-state index < -0.39 is 12.1 Å². The number of nitrogens with zero attached hydrogens (tertiary/aromatic N) is 6. The maximum atomic E-state index is 12.8. The molecule has 0 unspecified atom stereocenters. The predicted octanol–water partition coefficient (Wildman–Crippen LogP) is 4.63. The van der Waals surface area contributed by atoms with E-state index >= 15 is 0 Å². The number of rotatable bonds is 2. The van der Waals surface area contributed by atoms with Crippen LogP contribution in [0.2, 0.25) is 0 Å². The van der Waals surface area contributed by atoms with E-state index in [2.05, 4.69) is 20.1 Å². The molecular weight excluding hydrogens is 280 g/mol. The number of hydrogen-bond acceptors (Lipinski definition) is 3. The summed E-state index contributed by atoms with van der Waals surface area (Å²) in [7, 11) is 0. The van der Waals surface area contributed by atoms with E-state index in [4.69, 9.17) is 11.1 Å². The zero-order chi connectivity index (χ0) is 15.5. The Balaban J connectivity index is 2.39. The molecule has 1 aliphatic carbocycles. The fourth-order valence-electron chi connectivity index (χ4n) is 2.77. The Kier molecular flexibility index (Phi) is 3.50. The number of azide groups is 2. The maximum absolute atomic E-state index is 12.8. The van der Waals surface area contributed by atoms with E-state index in [0.717, 1.165) is 0 Å². The molecule has 0 saturated carbocycles. The number of benzene rings is 2. The van der Waals surface area contributed by atoms with Gasteiger partial charge in [-0.05, 0) is 22.2 Å². The first kappa shape index (κ1) is 13.7. The highest BCUT2D eigenvalue weighted by molar-refractivity contribution is 6.11. The molecule has 22 heavy (non-hydrogen) atoms. The van der Waals surface area contributed by atoms with Gasteiger partial charge < -0.3 is 0 Å². The lowest BCUT2D eigenvalue weighted by atomic mass is 9.95. The molecular formula is C15H10N6O. The first-order chi connectivity index (χ1) is 10.8. The Bertz CT molecular complexity index is 779. The van der Waals surface area contributed by atoms with Gasteiger partial charge in [0.25, 0.3) is 0 Å². The van der Waals surface area contributed by atoms with Crippen molar-refractivity contribution in [2.24, 2.45) is 10.2 Å². The summed E-state index contributed by atoms with van der Waals surface area (Å²) in [6.45, 7) is 0. The van der Waals surface area contributed by atoms with E-state index in [-0.39, 0.29) is 5.78 Å². The second-order valence-electron chi connectivity index (χ2n) is 4.80. The molecule has 0 aromatic heterocycles. The van der Waals surface area contributed by atoms with Crippen LogP contribution in [0.5, 0.6) is 0 Å². The Morgan fingerprint density at radius 2 is 1.18 bits per heavy atom. The van der Waals surface area contributed by atoms with Gasteiger partial charge in [-0.3, -0.25) is 4.79 Å². The van der Waals surface area contributed by atoms with E-state index in [1.54, 1.807) is 48.5 Å². The Morgan fingerprint density at radius 3 is 1.59 bits per heavy atom. The smallest absolute Gasteiger partial charge is 0.193 e. The molecule has 0 saturated heterocycles. The third-order valence-corrected chi connectivity index (χ3v) is 3.70. The maximum Gasteiger partial charge on any atom is 0.193 e. The lowest BCUT2D eigenvalue weighted by molar-refractivity contribution is 0.103. The molecule has 0 bridgehead atoms. The van der Waals surface area contributed by atoms with Crippen molar-refractivity contribution >= 4 is 5.78 Å². The molecule has 3 rings (SSSR count). The van der Waals surface area contributed by atoms with E-state index in [0.29, 0.717) is 22.3 Å². The summed E-state index contributed by atoms with van der Waals surface area (Å²) in [5.41, 5.74) is 19.8. The monoisotopic (exact) mass is 290 g/mol. The average Bonchev–Trinajstić information content (AvgIpc) is 2.66. The zero-order valence-corrected chi connectivity index (χ0v) is 11.4. The first-order valence-corrected chi connectivity index (χ1v) is 6.59. The molecule has 7 nitrogen and oxygen atoms in total. The molecule has 2 atom stereocenters. The molecule has 0 radical (unpaired) electrons. The summed E-state index contributed by atoms with van der Waals surface area (Å²) >= 11 is 0. The second kappa shape index (κ2) is 5.61.